The van der Waals surface area contributed by atoms with Gasteiger partial charge < -0.3 is 45.1 Å². The molecule has 3 aromatic carbocycles. The van der Waals surface area contributed by atoms with E-state index < -0.39 is 0 Å². The fourth-order valence-corrected chi connectivity index (χ4v) is 5.58. The number of aliphatic hydroxyl groups excluding tert-OH is 1. The van der Waals surface area contributed by atoms with E-state index in [9.17, 15) is 19.2 Å². The van der Waals surface area contributed by atoms with Crippen molar-refractivity contribution in [3.05, 3.63) is 120 Å². The summed E-state index contributed by atoms with van der Waals surface area (Å²) >= 11 is 1.90. The van der Waals surface area contributed by atoms with Crippen LogP contribution >= 0.6 is 11.8 Å². The van der Waals surface area contributed by atoms with Crippen molar-refractivity contribution < 1.29 is 29.4 Å². The number of thioether (sulfide) groups is 1. The number of aryl methyl sites for hydroxylation is 4. The number of aliphatic imine (C=N–C) groups is 1. The summed E-state index contributed by atoms with van der Waals surface area (Å²) in [5.74, 6) is 6.03. The molecule has 0 saturated carbocycles. The Kier molecular flexibility index (Phi) is 141. The highest BCUT2D eigenvalue weighted by atomic mass is 32.2. The summed E-state index contributed by atoms with van der Waals surface area (Å²) in [5, 5.41) is 18.3. The maximum Gasteiger partial charge on any atom is 0.129 e. The van der Waals surface area contributed by atoms with Crippen LogP contribution in [0.3, 0.4) is 0 Å². The third-order valence-electron chi connectivity index (χ3n) is 11.7. The van der Waals surface area contributed by atoms with Crippen LogP contribution in [0.2, 0.25) is 0 Å². The number of carbonyl (C=O) groups excluding carboxylic acids is 4. The van der Waals surface area contributed by atoms with E-state index >= 15 is 0 Å². The molecule has 5 aromatic rings. The minimum absolute atomic E-state index is 0.167. The van der Waals surface area contributed by atoms with E-state index in [0.717, 1.165) is 82.1 Å². The number of phenolic OH excluding ortho intramolecular Hbond substituents is 1. The van der Waals surface area contributed by atoms with Crippen molar-refractivity contribution in [2.24, 2.45) is 28.5 Å². The molecule has 0 aliphatic heterocycles. The third kappa shape index (κ3) is 162. The summed E-state index contributed by atoms with van der Waals surface area (Å²) in [4.78, 5) is 53.8. The molecule has 0 unspecified atom stereocenters. The van der Waals surface area contributed by atoms with Gasteiger partial charge in [-0.05, 0) is 164 Å². The summed E-state index contributed by atoms with van der Waals surface area (Å²) in [6, 6.07) is 26.1. The van der Waals surface area contributed by atoms with Crippen LogP contribution in [0.4, 0.5) is 0 Å². The summed E-state index contributed by atoms with van der Waals surface area (Å²) in [6.45, 7) is 69.8. The lowest BCUT2D eigenvalue weighted by Gasteiger charge is -1.93. The lowest BCUT2D eigenvalue weighted by atomic mass is 10.1. The van der Waals surface area contributed by atoms with Gasteiger partial charge in [0.2, 0.25) is 0 Å². The molecule has 2 aromatic heterocycles. The molecule has 604 valence electrons. The predicted molar refractivity (Wildman–Crippen MR) is 469 cm³/mol. The number of aromatic amines is 2. The van der Waals surface area contributed by atoms with Gasteiger partial charge in [0.1, 0.15) is 28.9 Å². The number of nitrogens with two attached hydrogens (primary N) is 1. The van der Waals surface area contributed by atoms with Crippen LogP contribution in [0.25, 0.3) is 10.9 Å². The summed E-state index contributed by atoms with van der Waals surface area (Å²) in [5.41, 5.74) is 11.8. The normalized spacial score (nSPS) is 9.00. The molecule has 5 rings (SSSR count). The number of aromatic nitrogens is 3. The first kappa shape index (κ1) is 126. The molecule has 0 aliphatic carbocycles. The second-order valence-corrected chi connectivity index (χ2v) is 26.4. The highest BCUT2D eigenvalue weighted by Gasteiger charge is 1.98. The molecule has 0 bridgehead atoms. The number of carbonyl (C=O) groups is 4. The van der Waals surface area contributed by atoms with Crippen molar-refractivity contribution in [2.45, 2.75) is 376 Å². The lowest BCUT2D eigenvalue weighted by Crippen LogP contribution is -2.05. The smallest absolute Gasteiger partial charge is 0.129 e. The number of Topliss-reactive ketones (excluding diaryl/α,β-unsaturated/α-hetero) is 4. The molecule has 6 N–H and O–H groups in total. The van der Waals surface area contributed by atoms with Crippen LogP contribution in [0, 0.1) is 17.8 Å². The van der Waals surface area contributed by atoms with Gasteiger partial charge in [-0.25, -0.2) is 4.98 Å². The quantitative estimate of drug-likeness (QED) is 0.0287. The van der Waals surface area contributed by atoms with E-state index in [1.54, 1.807) is 60.0 Å². The third-order valence-corrected chi connectivity index (χ3v) is 12.5. The summed E-state index contributed by atoms with van der Waals surface area (Å²) < 4.78 is 0. The van der Waals surface area contributed by atoms with Crippen LogP contribution in [-0.2, 0) is 44.9 Å². The number of hydrogen-bond donors (Lipinski definition) is 5. The first-order chi connectivity index (χ1) is 48.1. The Bertz CT molecular complexity index is 2210. The molecular weight excluding hydrogens is 1280 g/mol. The van der Waals surface area contributed by atoms with Crippen molar-refractivity contribution >= 4 is 51.6 Å². The number of unbranched alkanes of at least 4 members (excludes halogenated alkanes) is 4. The van der Waals surface area contributed by atoms with Crippen LogP contribution in [0.5, 0.6) is 5.75 Å². The number of amidine groups is 1. The number of imidazole rings is 1. The lowest BCUT2D eigenvalue weighted by molar-refractivity contribution is -0.117. The average Bonchev–Trinajstić information content (AvgIpc) is 1.70. The number of benzene rings is 3. The van der Waals surface area contributed by atoms with E-state index in [4.69, 9.17) is 15.9 Å². The van der Waals surface area contributed by atoms with E-state index in [0.29, 0.717) is 24.4 Å². The Morgan fingerprint density at radius 1 is 0.500 bits per heavy atom. The molecule has 0 saturated heterocycles. The van der Waals surface area contributed by atoms with Gasteiger partial charge >= 0.3 is 0 Å². The molecule has 0 amide bonds. The Morgan fingerprint density at radius 2 is 0.853 bits per heavy atom. The summed E-state index contributed by atoms with van der Waals surface area (Å²) in [6.07, 6.45) is 30.9. The number of fused-ring (bicyclic) bond motifs is 1. The number of rotatable bonds is 20. The van der Waals surface area contributed by atoms with Crippen LogP contribution in [0.15, 0.2) is 103 Å². The zero-order chi connectivity index (χ0) is 82.4. The maximum atomic E-state index is 10.0. The number of ketones is 4. The van der Waals surface area contributed by atoms with E-state index in [-0.39, 0.29) is 29.2 Å². The monoisotopic (exact) mass is 1460 g/mol. The van der Waals surface area contributed by atoms with Gasteiger partial charge in [0.25, 0.3) is 0 Å². The van der Waals surface area contributed by atoms with Gasteiger partial charge in [-0.15, -0.1) is 0 Å². The van der Waals surface area contributed by atoms with Gasteiger partial charge in [-0.1, -0.05) is 305 Å². The second kappa shape index (κ2) is 114. The van der Waals surface area contributed by atoms with Crippen LogP contribution < -0.4 is 5.73 Å². The zero-order valence-electron chi connectivity index (χ0n) is 74.2. The predicted octanol–water partition coefficient (Wildman–Crippen LogP) is 28.2. The standard InChI is InChI=1S/C10H11N.C8H10O.C8H10.C6H14N2.C6H14.C5H8N2.2C5H10O.2C5H12.2C4H8O.C4H10S.C4H10.C3H8O.2C3H8.C2H6/c1-2-8-7-11-10-6-4-3-5-9(8)10;1-2-7-3-5-8(9)6-4-7;1-2-8-6-4-3-5-7-8;1-3-4-5-8-6(2)7;1-3-5-6-4-2;1-2-5-3-6-4-7-5;2*1-3-4-5(2)6;2*1-4-5(2)3;2*1-3-4(2)5;1-3-4-5-2;1-4(2)3;1-3(2)4;2*1-3-2;1-2/h3-7,11H,2H2,1H3;3-6,9H,2H2,1H3;3-7H,2H2,1H3;3-5H2,1-2H3,(H2,7,8);3-6H2,1-2H3;3-4H,2H2,1H3,(H,6,7);2*3-4H2,1-2H3;2*5H,4H2,1-3H3;2*3H2,1-2H3;3-4H2,1-2H3;4H,1-3H3;3-4H,1-2H3;2*3H2,1-2H3;1-2H3. The molecule has 11 nitrogen and oxygen atoms in total. The number of phenols is 1. The minimum Gasteiger partial charge on any atom is -0.508 e. The number of hydrogen-bond acceptors (Lipinski definition) is 9. The Balaban J connectivity index is -0.0000000757. The minimum atomic E-state index is -0.167. The first-order valence-electron chi connectivity index (χ1n) is 39.9. The van der Waals surface area contributed by atoms with E-state index in [1.165, 1.54) is 103 Å². The molecule has 0 radical (unpaired) electrons. The number of nitrogens with zero attached hydrogens (tertiary/aromatic N) is 2. The SMILES string of the molecule is CC.CC(C)C.CC(C)O.CCC.CCC.CCC(C)=O.CCC(C)=O.CCC(C)C.CCC(C)C.CCCC(C)=O.CCCC(C)=O.CCCCCC.CCCCN=C(C)N.CCCSC.CCc1c[nH]c2ccccc12.CCc1ccc(O)cc1.CCc1ccccc1.CCc1cnc[nH]1. The number of para-hydroxylation sites is 1. The topological polar surface area (TPSA) is 192 Å². The molecule has 0 aliphatic rings. The van der Waals surface area contributed by atoms with Crippen LogP contribution in [-0.4, -0.2) is 78.8 Å². The van der Waals surface area contributed by atoms with Crippen LogP contribution in [0.1, 0.15) is 367 Å². The van der Waals surface area contributed by atoms with Crippen molar-refractivity contribution in [2.75, 3.05) is 18.6 Å². The first-order valence-corrected chi connectivity index (χ1v) is 41.3. The average molecular weight is 1460 g/mol. The van der Waals surface area contributed by atoms with Gasteiger partial charge in [-0.3, -0.25) is 4.99 Å². The van der Waals surface area contributed by atoms with E-state index in [2.05, 4.69) is 226 Å². The molecular formula is C90H177N5O6S. The van der Waals surface area contributed by atoms with Crippen molar-refractivity contribution in [3.8, 4) is 5.75 Å². The van der Waals surface area contributed by atoms with Gasteiger partial charge in [0, 0.05) is 67.3 Å². The highest BCUT2D eigenvalue weighted by molar-refractivity contribution is 7.98. The highest BCUT2D eigenvalue weighted by Crippen LogP contribution is 2.17. The molecule has 0 atom stereocenters. The number of aromatic hydroxyl groups is 1. The maximum absolute atomic E-state index is 10.0. The Hall–Kier alpha value is -5.33. The van der Waals surface area contributed by atoms with Crippen molar-refractivity contribution in [1.82, 2.24) is 15.0 Å². The fourth-order valence-electron chi connectivity index (χ4n) is 5.17. The largest absolute Gasteiger partial charge is 0.508 e. The number of aliphatic hydroxyl groups is 1. The Labute approximate surface area is 641 Å². The Morgan fingerprint density at radius 3 is 1.07 bits per heavy atom. The number of H-pyrrole nitrogens is 2. The summed E-state index contributed by atoms with van der Waals surface area (Å²) in [7, 11) is 0. The van der Waals surface area contributed by atoms with Gasteiger partial charge in [0.15, 0.2) is 0 Å². The molecule has 0 fully saturated rings. The van der Waals surface area contributed by atoms with Crippen molar-refractivity contribution in [1.29, 1.82) is 0 Å². The second-order valence-electron chi connectivity index (χ2n) is 25.4. The van der Waals surface area contributed by atoms with Gasteiger partial charge in [-0.2, -0.15) is 11.8 Å². The molecule has 2 heterocycles. The fraction of sp³-hybridized carbons (Fsp3) is 0.689. The van der Waals surface area contributed by atoms with E-state index in [1.807, 2.05) is 84.6 Å². The molecule has 102 heavy (non-hydrogen) atoms. The number of nitrogens with one attached hydrogen (secondary N) is 2. The van der Waals surface area contributed by atoms with Crippen molar-refractivity contribution in [3.63, 3.8) is 0 Å². The zero-order valence-corrected chi connectivity index (χ0v) is 75.0. The molecule has 12 heteroatoms. The van der Waals surface area contributed by atoms with Gasteiger partial charge in [0.05, 0.1) is 12.2 Å². The molecule has 0 spiro atoms.